The highest BCUT2D eigenvalue weighted by molar-refractivity contribution is 6.26. The molecule has 1 atom stereocenters. The van der Waals surface area contributed by atoms with Gasteiger partial charge in [-0.15, -0.1) is 0 Å². The van der Waals surface area contributed by atoms with Gasteiger partial charge in [-0.2, -0.15) is 0 Å². The van der Waals surface area contributed by atoms with Crippen molar-refractivity contribution in [1.82, 2.24) is 16.0 Å². The molecule has 0 aliphatic heterocycles. The van der Waals surface area contributed by atoms with Crippen molar-refractivity contribution in [3.63, 3.8) is 0 Å². The van der Waals surface area contributed by atoms with Crippen LogP contribution in [0.3, 0.4) is 0 Å². The molecule has 4 N–H and O–H groups in total. The van der Waals surface area contributed by atoms with E-state index in [1.807, 2.05) is 30.3 Å². The average Bonchev–Trinajstić information content (AvgIpc) is 2.66. The highest BCUT2D eigenvalue weighted by Gasteiger charge is 2.21. The van der Waals surface area contributed by atoms with Gasteiger partial charge in [0.05, 0.1) is 6.21 Å². The van der Waals surface area contributed by atoms with E-state index in [-0.39, 0.29) is 37.0 Å². The predicted molar refractivity (Wildman–Crippen MR) is 101 cm³/mol. The average molecular weight is 374 g/mol. The second-order valence-electron chi connectivity index (χ2n) is 6.06. The Hall–Kier alpha value is -3.03. The van der Waals surface area contributed by atoms with Gasteiger partial charge in [-0.05, 0) is 18.4 Å². The van der Waals surface area contributed by atoms with E-state index < -0.39 is 11.8 Å². The van der Waals surface area contributed by atoms with Gasteiger partial charge in [0.15, 0.2) is 5.78 Å². The van der Waals surface area contributed by atoms with Crippen LogP contribution in [-0.2, 0) is 25.7 Å². The molecule has 0 fully saturated rings. The highest BCUT2D eigenvalue weighted by atomic mass is 16.2. The van der Waals surface area contributed by atoms with E-state index in [1.54, 1.807) is 0 Å². The van der Waals surface area contributed by atoms with Crippen LogP contribution in [0.2, 0.25) is 0 Å². The molecule has 0 saturated heterocycles. The van der Waals surface area contributed by atoms with Crippen molar-refractivity contribution >= 4 is 29.7 Å². The fourth-order valence-corrected chi connectivity index (χ4v) is 2.32. The topological polar surface area (TPSA) is 128 Å². The molecule has 146 valence electrons. The summed E-state index contributed by atoms with van der Waals surface area (Å²) in [6, 6.07) is 8.48. The largest absolute Gasteiger partial charge is 0.356 e. The van der Waals surface area contributed by atoms with Crippen LogP contribution >= 0.6 is 0 Å². The fraction of sp³-hybridized carbons (Fsp3) is 0.421. The van der Waals surface area contributed by atoms with E-state index in [0.717, 1.165) is 5.56 Å². The second kappa shape index (κ2) is 12.3. The molecule has 0 aliphatic carbocycles. The Morgan fingerprint density at radius 2 is 1.78 bits per heavy atom. The molecule has 27 heavy (non-hydrogen) atoms. The summed E-state index contributed by atoms with van der Waals surface area (Å²) in [5.74, 6) is -1.29. The first-order valence-electron chi connectivity index (χ1n) is 8.81. The van der Waals surface area contributed by atoms with Crippen molar-refractivity contribution in [3.05, 3.63) is 35.9 Å². The van der Waals surface area contributed by atoms with Crippen LogP contribution in [0.5, 0.6) is 0 Å². The van der Waals surface area contributed by atoms with Crippen LogP contribution in [0.1, 0.15) is 38.2 Å². The van der Waals surface area contributed by atoms with E-state index in [1.165, 1.54) is 6.92 Å². The SMILES string of the molecule is CC(=O)NCCCC(=O)N[C@@H](CCC(=O)C=N)C(=O)NCc1ccccc1. The molecule has 0 bridgehead atoms. The molecule has 1 aromatic carbocycles. The van der Waals surface area contributed by atoms with Gasteiger partial charge in [0.25, 0.3) is 0 Å². The molecule has 0 aromatic heterocycles. The van der Waals surface area contributed by atoms with Gasteiger partial charge >= 0.3 is 0 Å². The number of carbonyl (C=O) groups is 4. The first kappa shape index (κ1) is 22.0. The lowest BCUT2D eigenvalue weighted by Crippen LogP contribution is -2.46. The van der Waals surface area contributed by atoms with Gasteiger partial charge in [0.1, 0.15) is 6.04 Å². The zero-order chi connectivity index (χ0) is 20.1. The minimum Gasteiger partial charge on any atom is -0.356 e. The maximum atomic E-state index is 12.4. The second-order valence-corrected chi connectivity index (χ2v) is 6.06. The molecule has 8 nitrogen and oxygen atoms in total. The normalized spacial score (nSPS) is 11.1. The third-order valence-electron chi connectivity index (χ3n) is 3.76. The molecule has 3 amide bonds. The predicted octanol–water partition coefficient (Wildman–Crippen LogP) is 0.703. The Bertz CT molecular complexity index is 661. The number of carbonyl (C=O) groups excluding carboxylic acids is 4. The standard InChI is InChI=1S/C19H26N4O4/c1-14(24)21-11-5-8-18(26)23-17(10-9-16(25)12-20)19(27)22-13-15-6-3-2-4-7-15/h2-4,6-7,12,17,20H,5,8-11,13H2,1H3,(H,21,24)(H,22,27)(H,23,26)/t17-/m0/s1. The third kappa shape index (κ3) is 9.88. The lowest BCUT2D eigenvalue weighted by molar-refractivity contribution is -0.129. The number of ketones is 1. The summed E-state index contributed by atoms with van der Waals surface area (Å²) in [6.07, 6.45) is 1.42. The van der Waals surface area contributed by atoms with E-state index in [0.29, 0.717) is 25.7 Å². The molecule has 8 heteroatoms. The van der Waals surface area contributed by atoms with E-state index in [4.69, 9.17) is 5.41 Å². The molecule has 1 rings (SSSR count). The van der Waals surface area contributed by atoms with Crippen LogP contribution in [-0.4, -0.2) is 42.3 Å². The van der Waals surface area contributed by atoms with Gasteiger partial charge in [-0.1, -0.05) is 30.3 Å². The third-order valence-corrected chi connectivity index (χ3v) is 3.76. The number of hydrogen-bond acceptors (Lipinski definition) is 5. The van der Waals surface area contributed by atoms with Crippen molar-refractivity contribution in [1.29, 1.82) is 5.41 Å². The summed E-state index contributed by atoms with van der Waals surface area (Å²) in [6.45, 7) is 2.08. The quantitative estimate of drug-likeness (QED) is 0.317. The molecule has 0 heterocycles. The lowest BCUT2D eigenvalue weighted by atomic mass is 10.1. The zero-order valence-corrected chi connectivity index (χ0v) is 15.4. The number of rotatable bonds is 12. The Labute approximate surface area is 158 Å². The lowest BCUT2D eigenvalue weighted by Gasteiger charge is -2.18. The number of Topliss-reactive ketones (excluding diaryl/α,β-unsaturated/α-hetero) is 1. The Kier molecular flexibility index (Phi) is 10.1. The summed E-state index contributed by atoms with van der Waals surface area (Å²) in [5, 5.41) is 14.9. The maximum absolute atomic E-state index is 12.4. The van der Waals surface area contributed by atoms with Crippen molar-refractivity contribution in [2.45, 2.75) is 45.2 Å². The summed E-state index contributed by atoms with van der Waals surface area (Å²) in [4.78, 5) is 46.6. The minimum atomic E-state index is -0.856. The summed E-state index contributed by atoms with van der Waals surface area (Å²) >= 11 is 0. The number of benzene rings is 1. The molecular formula is C19H26N4O4. The van der Waals surface area contributed by atoms with Gasteiger partial charge in [-0.25, -0.2) is 0 Å². The van der Waals surface area contributed by atoms with Crippen LogP contribution in [0.25, 0.3) is 0 Å². The van der Waals surface area contributed by atoms with E-state index >= 15 is 0 Å². The molecule has 0 unspecified atom stereocenters. The first-order valence-corrected chi connectivity index (χ1v) is 8.81. The number of hydrogen-bond donors (Lipinski definition) is 4. The summed E-state index contributed by atoms with van der Waals surface area (Å²) in [7, 11) is 0. The van der Waals surface area contributed by atoms with Crippen molar-refractivity contribution in [3.8, 4) is 0 Å². The van der Waals surface area contributed by atoms with Crippen LogP contribution in [0, 0.1) is 5.41 Å². The Balaban J connectivity index is 2.55. The highest BCUT2D eigenvalue weighted by Crippen LogP contribution is 2.02. The zero-order valence-electron chi connectivity index (χ0n) is 15.4. The summed E-state index contributed by atoms with van der Waals surface area (Å²) in [5.41, 5.74) is 0.918. The molecule has 0 saturated carbocycles. The van der Waals surface area contributed by atoms with E-state index in [2.05, 4.69) is 16.0 Å². The molecule has 0 aliphatic rings. The van der Waals surface area contributed by atoms with Crippen molar-refractivity contribution in [2.24, 2.45) is 0 Å². The van der Waals surface area contributed by atoms with Gasteiger partial charge in [0, 0.05) is 32.9 Å². The Morgan fingerprint density at radius 1 is 1.07 bits per heavy atom. The fourth-order valence-electron chi connectivity index (χ4n) is 2.32. The van der Waals surface area contributed by atoms with Crippen molar-refractivity contribution < 1.29 is 19.2 Å². The molecule has 0 spiro atoms. The van der Waals surface area contributed by atoms with Gasteiger partial charge < -0.3 is 21.4 Å². The number of amides is 3. The van der Waals surface area contributed by atoms with Gasteiger partial charge in [-0.3, -0.25) is 19.2 Å². The van der Waals surface area contributed by atoms with Crippen LogP contribution in [0.15, 0.2) is 30.3 Å². The molecule has 0 radical (unpaired) electrons. The van der Waals surface area contributed by atoms with Gasteiger partial charge in [0.2, 0.25) is 17.7 Å². The van der Waals surface area contributed by atoms with E-state index in [9.17, 15) is 19.2 Å². The minimum absolute atomic E-state index is 0.000897. The monoisotopic (exact) mass is 374 g/mol. The number of nitrogens with one attached hydrogen (secondary N) is 4. The maximum Gasteiger partial charge on any atom is 0.242 e. The first-order chi connectivity index (χ1) is 12.9. The molecule has 1 aromatic rings. The smallest absolute Gasteiger partial charge is 0.242 e. The van der Waals surface area contributed by atoms with Crippen molar-refractivity contribution in [2.75, 3.05) is 6.54 Å². The van der Waals surface area contributed by atoms with Crippen LogP contribution < -0.4 is 16.0 Å². The Morgan fingerprint density at radius 3 is 2.41 bits per heavy atom. The molecular weight excluding hydrogens is 348 g/mol. The van der Waals surface area contributed by atoms with Crippen LogP contribution in [0.4, 0.5) is 0 Å². The summed E-state index contributed by atoms with van der Waals surface area (Å²) < 4.78 is 0.